The molecular weight excluding hydrogens is 427 g/mol. The number of alkyl halides is 3. The van der Waals surface area contributed by atoms with Crippen molar-refractivity contribution in [1.29, 1.82) is 0 Å². The van der Waals surface area contributed by atoms with Gasteiger partial charge in [-0.3, -0.25) is 4.79 Å². The van der Waals surface area contributed by atoms with Crippen molar-refractivity contribution in [1.82, 2.24) is 5.32 Å². The SMILES string of the molecule is CCCCCCCCCCCCCCC(=O)NC(Nc1ccccc1)C(Cl)(Cl)Cl. The zero-order valence-corrected chi connectivity index (χ0v) is 20.0. The molecule has 0 radical (unpaired) electrons. The van der Waals surface area contributed by atoms with E-state index in [0.29, 0.717) is 6.42 Å². The van der Waals surface area contributed by atoms with Crippen LogP contribution in [0.5, 0.6) is 0 Å². The van der Waals surface area contributed by atoms with Crippen LogP contribution in [-0.2, 0) is 4.79 Å². The third kappa shape index (κ3) is 14.1. The first-order valence-corrected chi connectivity index (χ1v) is 12.2. The summed E-state index contributed by atoms with van der Waals surface area (Å²) in [4.78, 5) is 12.2. The van der Waals surface area contributed by atoms with E-state index in [1.54, 1.807) is 0 Å². The standard InChI is InChI=1S/C23H37Cl3N2O/c1-2-3-4-5-6-7-8-9-10-11-12-16-19-21(29)28-22(23(24,25)26)27-20-17-14-13-15-18-20/h13-15,17-18,22,27H,2-12,16,19H2,1H3,(H,28,29). The van der Waals surface area contributed by atoms with Gasteiger partial charge in [-0.15, -0.1) is 0 Å². The molecule has 6 heteroatoms. The van der Waals surface area contributed by atoms with Gasteiger partial charge in [-0.05, 0) is 18.6 Å². The summed E-state index contributed by atoms with van der Waals surface area (Å²) in [5.41, 5.74) is 0.787. The fraction of sp³-hybridized carbons (Fsp3) is 0.696. The van der Waals surface area contributed by atoms with E-state index >= 15 is 0 Å². The molecule has 0 fully saturated rings. The smallest absolute Gasteiger partial charge is 0.228 e. The quantitative estimate of drug-likeness (QED) is 0.148. The average Bonchev–Trinajstić information content (AvgIpc) is 2.68. The van der Waals surface area contributed by atoms with Gasteiger partial charge in [-0.25, -0.2) is 0 Å². The molecular formula is C23H37Cl3N2O. The Kier molecular flexibility index (Phi) is 14.7. The predicted octanol–water partition coefficient (Wildman–Crippen LogP) is 8.00. The van der Waals surface area contributed by atoms with Gasteiger partial charge in [0.1, 0.15) is 6.17 Å². The summed E-state index contributed by atoms with van der Waals surface area (Å²) >= 11 is 18.1. The van der Waals surface area contributed by atoms with Gasteiger partial charge in [0.15, 0.2) is 0 Å². The van der Waals surface area contributed by atoms with Crippen molar-refractivity contribution in [2.45, 2.75) is 100 Å². The Balaban J connectivity index is 2.11. The van der Waals surface area contributed by atoms with Gasteiger partial charge in [0, 0.05) is 12.1 Å². The molecule has 0 aromatic heterocycles. The van der Waals surface area contributed by atoms with E-state index in [4.69, 9.17) is 34.8 Å². The maximum Gasteiger partial charge on any atom is 0.228 e. The second-order valence-electron chi connectivity index (χ2n) is 7.69. The molecule has 0 aliphatic carbocycles. The Morgan fingerprint density at radius 2 is 1.31 bits per heavy atom. The number of rotatable bonds is 16. The van der Waals surface area contributed by atoms with E-state index in [-0.39, 0.29) is 5.91 Å². The van der Waals surface area contributed by atoms with Gasteiger partial charge >= 0.3 is 0 Å². The number of benzene rings is 1. The summed E-state index contributed by atoms with van der Waals surface area (Å²) < 4.78 is -1.64. The number of hydrogen-bond donors (Lipinski definition) is 2. The molecule has 1 atom stereocenters. The topological polar surface area (TPSA) is 41.1 Å². The Morgan fingerprint density at radius 3 is 1.79 bits per heavy atom. The first-order valence-electron chi connectivity index (χ1n) is 11.1. The number of carbonyl (C=O) groups excluding carboxylic acids is 1. The number of para-hydroxylation sites is 1. The van der Waals surface area contributed by atoms with Crippen LogP contribution in [0.25, 0.3) is 0 Å². The third-order valence-electron chi connectivity index (χ3n) is 4.97. The first-order chi connectivity index (χ1) is 13.9. The van der Waals surface area contributed by atoms with Crippen LogP contribution in [0.1, 0.15) is 90.4 Å². The van der Waals surface area contributed by atoms with Gasteiger partial charge in [0.2, 0.25) is 9.70 Å². The zero-order valence-electron chi connectivity index (χ0n) is 17.7. The minimum Gasteiger partial charge on any atom is -0.362 e. The number of unbranched alkanes of at least 4 members (excludes halogenated alkanes) is 11. The van der Waals surface area contributed by atoms with E-state index in [2.05, 4.69) is 17.6 Å². The average molecular weight is 464 g/mol. The summed E-state index contributed by atoms with van der Waals surface area (Å²) in [5, 5.41) is 5.87. The maximum atomic E-state index is 12.2. The lowest BCUT2D eigenvalue weighted by Crippen LogP contribution is -2.49. The molecule has 0 saturated heterocycles. The van der Waals surface area contributed by atoms with Crippen LogP contribution < -0.4 is 10.6 Å². The molecule has 1 rings (SSSR count). The van der Waals surface area contributed by atoms with E-state index in [1.807, 2.05) is 30.3 Å². The normalized spacial score (nSPS) is 12.6. The highest BCUT2D eigenvalue weighted by Crippen LogP contribution is 2.31. The van der Waals surface area contributed by atoms with Crippen LogP contribution in [0.3, 0.4) is 0 Å². The minimum atomic E-state index is -1.64. The van der Waals surface area contributed by atoms with Gasteiger partial charge in [-0.2, -0.15) is 0 Å². The Hall–Kier alpha value is -0.640. The monoisotopic (exact) mass is 462 g/mol. The van der Waals surface area contributed by atoms with Crippen LogP contribution >= 0.6 is 34.8 Å². The summed E-state index contributed by atoms with van der Waals surface area (Å²) in [6.07, 6.45) is 14.9. The van der Waals surface area contributed by atoms with E-state index in [1.165, 1.54) is 64.2 Å². The molecule has 0 aliphatic heterocycles. The molecule has 166 valence electrons. The lowest BCUT2D eigenvalue weighted by molar-refractivity contribution is -0.121. The maximum absolute atomic E-state index is 12.2. The van der Waals surface area contributed by atoms with Gasteiger partial charge in [-0.1, -0.05) is 131 Å². The Morgan fingerprint density at radius 1 is 0.828 bits per heavy atom. The Labute approximate surface area is 192 Å². The molecule has 1 unspecified atom stereocenters. The second-order valence-corrected chi connectivity index (χ2v) is 10.1. The largest absolute Gasteiger partial charge is 0.362 e. The summed E-state index contributed by atoms with van der Waals surface area (Å²) in [6.45, 7) is 2.25. The van der Waals surface area contributed by atoms with Crippen molar-refractivity contribution in [3.05, 3.63) is 30.3 Å². The van der Waals surface area contributed by atoms with Gasteiger partial charge in [0.05, 0.1) is 0 Å². The van der Waals surface area contributed by atoms with Crippen LogP contribution in [0, 0.1) is 0 Å². The number of nitrogens with one attached hydrogen (secondary N) is 2. The third-order valence-corrected chi connectivity index (χ3v) is 5.63. The van der Waals surface area contributed by atoms with Crippen molar-refractivity contribution in [3.8, 4) is 0 Å². The van der Waals surface area contributed by atoms with E-state index in [9.17, 15) is 4.79 Å². The number of halogens is 3. The Bertz CT molecular complexity index is 535. The van der Waals surface area contributed by atoms with Crippen LogP contribution in [0.2, 0.25) is 0 Å². The summed E-state index contributed by atoms with van der Waals surface area (Å²) in [6, 6.07) is 9.39. The zero-order chi connectivity index (χ0) is 21.4. The van der Waals surface area contributed by atoms with Crippen molar-refractivity contribution in [3.63, 3.8) is 0 Å². The van der Waals surface area contributed by atoms with Crippen molar-refractivity contribution in [2.24, 2.45) is 0 Å². The molecule has 2 N–H and O–H groups in total. The van der Waals surface area contributed by atoms with E-state index in [0.717, 1.165) is 18.5 Å². The number of anilines is 1. The molecule has 0 bridgehead atoms. The number of hydrogen-bond acceptors (Lipinski definition) is 2. The van der Waals surface area contributed by atoms with Crippen molar-refractivity contribution < 1.29 is 4.79 Å². The second kappa shape index (κ2) is 16.1. The predicted molar refractivity (Wildman–Crippen MR) is 128 cm³/mol. The molecule has 1 amide bonds. The summed E-state index contributed by atoms with van der Waals surface area (Å²) in [5.74, 6) is -0.100. The van der Waals surface area contributed by atoms with Crippen molar-refractivity contribution >= 4 is 46.4 Å². The van der Waals surface area contributed by atoms with Crippen LogP contribution in [-0.4, -0.2) is 15.9 Å². The van der Waals surface area contributed by atoms with Gasteiger partial charge < -0.3 is 10.6 Å². The van der Waals surface area contributed by atoms with E-state index < -0.39 is 9.96 Å². The molecule has 0 heterocycles. The van der Waals surface area contributed by atoms with Crippen LogP contribution in [0.4, 0.5) is 5.69 Å². The molecule has 0 saturated carbocycles. The molecule has 3 nitrogen and oxygen atoms in total. The lowest BCUT2D eigenvalue weighted by Gasteiger charge is -2.27. The van der Waals surface area contributed by atoms with Crippen molar-refractivity contribution in [2.75, 3.05) is 5.32 Å². The fourth-order valence-electron chi connectivity index (χ4n) is 3.26. The highest BCUT2D eigenvalue weighted by atomic mass is 35.6. The van der Waals surface area contributed by atoms with Gasteiger partial charge in [0.25, 0.3) is 0 Å². The lowest BCUT2D eigenvalue weighted by atomic mass is 10.0. The number of carbonyl (C=O) groups is 1. The first kappa shape index (κ1) is 26.4. The molecule has 0 spiro atoms. The molecule has 29 heavy (non-hydrogen) atoms. The number of amides is 1. The molecule has 1 aromatic carbocycles. The molecule has 0 aliphatic rings. The van der Waals surface area contributed by atoms with Crippen LogP contribution in [0.15, 0.2) is 30.3 Å². The highest BCUT2D eigenvalue weighted by molar-refractivity contribution is 6.68. The minimum absolute atomic E-state index is 0.100. The summed E-state index contributed by atoms with van der Waals surface area (Å²) in [7, 11) is 0. The fourth-order valence-corrected chi connectivity index (χ4v) is 3.59. The molecule has 1 aromatic rings. The highest BCUT2D eigenvalue weighted by Gasteiger charge is 2.33.